The average Bonchev–Trinajstić information content (AvgIpc) is 2.60. The first-order valence-electron chi connectivity index (χ1n) is 6.62. The van der Waals surface area contributed by atoms with Crippen molar-refractivity contribution in [1.29, 1.82) is 0 Å². The quantitative estimate of drug-likeness (QED) is 0.832. The van der Waals surface area contributed by atoms with E-state index in [1.807, 2.05) is 54.6 Å². The largest absolute Gasteiger partial charge is 0.374 e. The Bertz CT molecular complexity index is 627. The fraction of sp³-hybridized carbons (Fsp3) is 0.188. The normalized spacial score (nSPS) is 21.9. The SMILES string of the molecule is CN1C(=O)C(N)C(c2ccccc2)Nc2ccccc21. The van der Waals surface area contributed by atoms with Crippen LogP contribution >= 0.6 is 0 Å². The molecular weight excluding hydrogens is 250 g/mol. The summed E-state index contributed by atoms with van der Waals surface area (Å²) in [6.45, 7) is 0. The zero-order valence-electron chi connectivity index (χ0n) is 11.3. The predicted octanol–water partition coefficient (Wildman–Crippen LogP) is 2.14. The van der Waals surface area contributed by atoms with Crippen LogP contribution < -0.4 is 16.0 Å². The number of hydrogen-bond donors (Lipinski definition) is 2. The van der Waals surface area contributed by atoms with E-state index in [4.69, 9.17) is 5.73 Å². The summed E-state index contributed by atoms with van der Waals surface area (Å²) in [5.41, 5.74) is 8.96. The summed E-state index contributed by atoms with van der Waals surface area (Å²) in [6.07, 6.45) is 0. The maximum absolute atomic E-state index is 12.5. The molecule has 2 atom stereocenters. The topological polar surface area (TPSA) is 58.4 Å². The summed E-state index contributed by atoms with van der Waals surface area (Å²) >= 11 is 0. The first-order chi connectivity index (χ1) is 9.68. The number of likely N-dealkylation sites (N-methyl/N-ethyl adjacent to an activating group) is 1. The Kier molecular flexibility index (Phi) is 3.16. The number of nitrogens with one attached hydrogen (secondary N) is 1. The molecule has 0 aromatic heterocycles. The minimum Gasteiger partial charge on any atom is -0.374 e. The number of nitrogens with two attached hydrogens (primary N) is 1. The van der Waals surface area contributed by atoms with Crippen LogP contribution in [0.5, 0.6) is 0 Å². The van der Waals surface area contributed by atoms with Gasteiger partial charge in [-0.1, -0.05) is 42.5 Å². The van der Waals surface area contributed by atoms with E-state index in [-0.39, 0.29) is 11.9 Å². The first-order valence-corrected chi connectivity index (χ1v) is 6.62. The molecule has 2 unspecified atom stereocenters. The summed E-state index contributed by atoms with van der Waals surface area (Å²) < 4.78 is 0. The maximum atomic E-state index is 12.5. The van der Waals surface area contributed by atoms with Crippen molar-refractivity contribution in [3.63, 3.8) is 0 Å². The number of amides is 1. The fourth-order valence-electron chi connectivity index (χ4n) is 2.58. The van der Waals surface area contributed by atoms with Gasteiger partial charge in [-0.2, -0.15) is 0 Å². The van der Waals surface area contributed by atoms with Crippen LogP contribution in [-0.2, 0) is 4.79 Å². The van der Waals surface area contributed by atoms with Gasteiger partial charge in [-0.15, -0.1) is 0 Å². The van der Waals surface area contributed by atoms with Gasteiger partial charge >= 0.3 is 0 Å². The molecule has 3 N–H and O–H groups in total. The second kappa shape index (κ2) is 4.98. The van der Waals surface area contributed by atoms with Gasteiger partial charge in [0.2, 0.25) is 5.91 Å². The van der Waals surface area contributed by atoms with Crippen LogP contribution in [0.4, 0.5) is 11.4 Å². The lowest BCUT2D eigenvalue weighted by Gasteiger charge is -2.23. The lowest BCUT2D eigenvalue weighted by molar-refractivity contribution is -0.119. The van der Waals surface area contributed by atoms with Crippen LogP contribution in [-0.4, -0.2) is 19.0 Å². The molecule has 1 heterocycles. The second-order valence-electron chi connectivity index (χ2n) is 4.97. The van der Waals surface area contributed by atoms with Gasteiger partial charge in [0.15, 0.2) is 0 Å². The van der Waals surface area contributed by atoms with Crippen molar-refractivity contribution in [2.45, 2.75) is 12.1 Å². The fourth-order valence-corrected chi connectivity index (χ4v) is 2.58. The Labute approximate surface area is 118 Å². The number of benzene rings is 2. The zero-order valence-corrected chi connectivity index (χ0v) is 11.3. The van der Waals surface area contributed by atoms with Crippen LogP contribution in [0.25, 0.3) is 0 Å². The van der Waals surface area contributed by atoms with Gasteiger partial charge in [0, 0.05) is 7.05 Å². The first kappa shape index (κ1) is 12.7. The number of hydrogen-bond acceptors (Lipinski definition) is 3. The summed E-state index contributed by atoms with van der Waals surface area (Å²) in [7, 11) is 1.76. The van der Waals surface area contributed by atoms with E-state index >= 15 is 0 Å². The highest BCUT2D eigenvalue weighted by molar-refractivity contribution is 6.01. The molecule has 102 valence electrons. The van der Waals surface area contributed by atoms with Crippen molar-refractivity contribution in [2.24, 2.45) is 5.73 Å². The van der Waals surface area contributed by atoms with E-state index in [0.717, 1.165) is 16.9 Å². The summed E-state index contributed by atoms with van der Waals surface area (Å²) in [6, 6.07) is 16.7. The molecule has 1 aliphatic rings. The number of fused-ring (bicyclic) bond motifs is 1. The highest BCUT2D eigenvalue weighted by atomic mass is 16.2. The van der Waals surface area contributed by atoms with E-state index in [2.05, 4.69) is 5.32 Å². The highest BCUT2D eigenvalue weighted by Crippen LogP contribution is 2.33. The van der Waals surface area contributed by atoms with Gasteiger partial charge in [-0.3, -0.25) is 4.79 Å². The zero-order chi connectivity index (χ0) is 14.1. The van der Waals surface area contributed by atoms with Crippen LogP contribution in [0.1, 0.15) is 11.6 Å². The Hall–Kier alpha value is -2.33. The molecule has 1 aliphatic heterocycles. The van der Waals surface area contributed by atoms with Crippen LogP contribution in [0.3, 0.4) is 0 Å². The molecular formula is C16H17N3O. The van der Waals surface area contributed by atoms with Gasteiger partial charge < -0.3 is 16.0 Å². The molecule has 0 bridgehead atoms. The highest BCUT2D eigenvalue weighted by Gasteiger charge is 2.33. The molecule has 20 heavy (non-hydrogen) atoms. The standard InChI is InChI=1S/C16H17N3O/c1-19-13-10-6-5-9-12(13)18-15(14(17)16(19)20)11-7-3-2-4-8-11/h2-10,14-15,18H,17H2,1H3. The molecule has 0 fully saturated rings. The minimum absolute atomic E-state index is 0.0868. The second-order valence-corrected chi connectivity index (χ2v) is 4.97. The van der Waals surface area contributed by atoms with Crippen LogP contribution in [0, 0.1) is 0 Å². The lowest BCUT2D eigenvalue weighted by atomic mass is 9.99. The van der Waals surface area contributed by atoms with Crippen molar-refractivity contribution >= 4 is 17.3 Å². The number of rotatable bonds is 1. The van der Waals surface area contributed by atoms with Crippen LogP contribution in [0.15, 0.2) is 54.6 Å². The monoisotopic (exact) mass is 267 g/mol. The Morgan fingerprint density at radius 2 is 1.70 bits per heavy atom. The van der Waals surface area contributed by atoms with Crippen molar-refractivity contribution in [2.75, 3.05) is 17.3 Å². The molecule has 2 aromatic rings. The van der Waals surface area contributed by atoms with Gasteiger partial charge in [-0.25, -0.2) is 0 Å². The molecule has 3 rings (SSSR count). The number of anilines is 2. The smallest absolute Gasteiger partial charge is 0.246 e. The Morgan fingerprint density at radius 3 is 2.45 bits per heavy atom. The lowest BCUT2D eigenvalue weighted by Crippen LogP contribution is -2.45. The third-order valence-corrected chi connectivity index (χ3v) is 3.71. The van der Waals surface area contributed by atoms with Crippen molar-refractivity contribution in [3.8, 4) is 0 Å². The van der Waals surface area contributed by atoms with Crippen molar-refractivity contribution < 1.29 is 4.79 Å². The summed E-state index contributed by atoms with van der Waals surface area (Å²) in [5.74, 6) is -0.0868. The molecule has 4 heteroatoms. The summed E-state index contributed by atoms with van der Waals surface area (Å²) in [4.78, 5) is 14.1. The van der Waals surface area contributed by atoms with Gasteiger partial charge in [0.05, 0.1) is 17.4 Å². The summed E-state index contributed by atoms with van der Waals surface area (Å²) in [5, 5.41) is 3.40. The number of nitrogens with zero attached hydrogens (tertiary/aromatic N) is 1. The average molecular weight is 267 g/mol. The number of carbonyl (C=O) groups is 1. The molecule has 1 amide bonds. The van der Waals surface area contributed by atoms with Gasteiger partial charge in [0.1, 0.15) is 6.04 Å². The number of carbonyl (C=O) groups excluding carboxylic acids is 1. The molecule has 2 aromatic carbocycles. The van der Waals surface area contributed by atoms with E-state index in [1.54, 1.807) is 11.9 Å². The Balaban J connectivity index is 2.08. The van der Waals surface area contributed by atoms with Crippen molar-refractivity contribution in [3.05, 3.63) is 60.2 Å². The molecule has 0 aliphatic carbocycles. The van der Waals surface area contributed by atoms with E-state index in [9.17, 15) is 4.79 Å². The Morgan fingerprint density at radius 1 is 1.05 bits per heavy atom. The van der Waals surface area contributed by atoms with Gasteiger partial charge in [-0.05, 0) is 17.7 Å². The van der Waals surface area contributed by atoms with E-state index < -0.39 is 6.04 Å². The third-order valence-electron chi connectivity index (χ3n) is 3.71. The maximum Gasteiger partial charge on any atom is 0.246 e. The molecule has 0 radical (unpaired) electrons. The van der Waals surface area contributed by atoms with Crippen LogP contribution in [0.2, 0.25) is 0 Å². The van der Waals surface area contributed by atoms with E-state index in [0.29, 0.717) is 0 Å². The third kappa shape index (κ3) is 2.04. The predicted molar refractivity (Wildman–Crippen MR) is 80.6 cm³/mol. The van der Waals surface area contributed by atoms with Gasteiger partial charge in [0.25, 0.3) is 0 Å². The van der Waals surface area contributed by atoms with E-state index in [1.165, 1.54) is 0 Å². The molecule has 0 saturated carbocycles. The molecule has 0 saturated heterocycles. The molecule has 4 nitrogen and oxygen atoms in total. The van der Waals surface area contributed by atoms with Crippen molar-refractivity contribution in [1.82, 2.24) is 0 Å². The number of para-hydroxylation sites is 2. The minimum atomic E-state index is -0.616. The molecule has 0 spiro atoms.